The van der Waals surface area contributed by atoms with Crippen LogP contribution in [0.3, 0.4) is 0 Å². The second kappa shape index (κ2) is 5.13. The van der Waals surface area contributed by atoms with E-state index in [1.54, 1.807) is 30.3 Å². The fourth-order valence-electron chi connectivity index (χ4n) is 1.86. The van der Waals surface area contributed by atoms with Gasteiger partial charge in [-0.3, -0.25) is 4.68 Å². The Morgan fingerprint density at radius 2 is 1.90 bits per heavy atom. The van der Waals surface area contributed by atoms with Crippen LogP contribution in [0, 0.1) is 6.92 Å². The van der Waals surface area contributed by atoms with Gasteiger partial charge in [0, 0.05) is 30.5 Å². The highest BCUT2D eigenvalue weighted by Crippen LogP contribution is 2.33. The number of carbonyl (C=O) groups is 1. The summed E-state index contributed by atoms with van der Waals surface area (Å²) in [7, 11) is 1.76. The molecule has 0 atom stereocenters. The SMILES string of the molecule is Cc1cnc(Sc2c(C(=O)O)cnc3c2cnn3C)nc1. The van der Waals surface area contributed by atoms with Crippen LogP contribution in [0.1, 0.15) is 15.9 Å². The topological polar surface area (TPSA) is 93.8 Å². The van der Waals surface area contributed by atoms with Crippen LogP contribution in [0.2, 0.25) is 0 Å². The zero-order valence-corrected chi connectivity index (χ0v) is 12.1. The number of hydrogen-bond acceptors (Lipinski definition) is 6. The Labute approximate surface area is 124 Å². The van der Waals surface area contributed by atoms with Crippen molar-refractivity contribution in [1.82, 2.24) is 24.7 Å². The number of carboxylic acid groups (broad SMARTS) is 1. The van der Waals surface area contributed by atoms with Gasteiger partial charge in [-0.2, -0.15) is 5.10 Å². The average Bonchev–Trinajstić information content (AvgIpc) is 2.83. The Balaban J connectivity index is 2.16. The lowest BCUT2D eigenvalue weighted by molar-refractivity contribution is 0.0693. The van der Waals surface area contributed by atoms with Gasteiger partial charge < -0.3 is 5.11 Å². The van der Waals surface area contributed by atoms with E-state index in [0.29, 0.717) is 21.1 Å². The minimum atomic E-state index is -1.04. The van der Waals surface area contributed by atoms with Crippen LogP contribution in [-0.2, 0) is 7.05 Å². The Bertz CT molecular complexity index is 828. The van der Waals surface area contributed by atoms with Crippen LogP contribution in [0.4, 0.5) is 0 Å². The van der Waals surface area contributed by atoms with Crippen molar-refractivity contribution in [2.75, 3.05) is 0 Å². The second-order valence-electron chi connectivity index (χ2n) is 4.46. The normalized spacial score (nSPS) is 11.0. The van der Waals surface area contributed by atoms with Crippen LogP contribution in [0.15, 0.2) is 34.8 Å². The molecule has 21 heavy (non-hydrogen) atoms. The number of rotatable bonds is 3. The summed E-state index contributed by atoms with van der Waals surface area (Å²) in [4.78, 5) is 24.5. The monoisotopic (exact) mass is 301 g/mol. The van der Waals surface area contributed by atoms with Gasteiger partial charge in [-0.15, -0.1) is 0 Å². The Hall–Kier alpha value is -2.48. The number of nitrogens with zero attached hydrogens (tertiary/aromatic N) is 5. The molecule has 3 rings (SSSR count). The fraction of sp³-hybridized carbons (Fsp3) is 0.154. The molecule has 0 aliphatic carbocycles. The number of aryl methyl sites for hydroxylation is 2. The zero-order chi connectivity index (χ0) is 15.0. The van der Waals surface area contributed by atoms with Crippen molar-refractivity contribution < 1.29 is 9.90 Å². The van der Waals surface area contributed by atoms with Gasteiger partial charge in [-0.1, -0.05) is 0 Å². The van der Waals surface area contributed by atoms with Crippen LogP contribution in [0.25, 0.3) is 11.0 Å². The molecular formula is C13H11N5O2S. The lowest BCUT2D eigenvalue weighted by Crippen LogP contribution is -2.02. The van der Waals surface area contributed by atoms with Gasteiger partial charge in [0.15, 0.2) is 10.8 Å². The van der Waals surface area contributed by atoms with Gasteiger partial charge >= 0.3 is 5.97 Å². The predicted octanol–water partition coefficient (Wildman–Crippen LogP) is 1.92. The van der Waals surface area contributed by atoms with Gasteiger partial charge in [-0.25, -0.2) is 19.7 Å². The largest absolute Gasteiger partial charge is 0.478 e. The van der Waals surface area contributed by atoms with Crippen molar-refractivity contribution in [3.63, 3.8) is 0 Å². The van der Waals surface area contributed by atoms with Crippen molar-refractivity contribution in [2.24, 2.45) is 7.05 Å². The van der Waals surface area contributed by atoms with E-state index in [2.05, 4.69) is 20.1 Å². The van der Waals surface area contributed by atoms with Crippen molar-refractivity contribution >= 4 is 28.8 Å². The summed E-state index contributed by atoms with van der Waals surface area (Å²) in [5.74, 6) is -1.04. The van der Waals surface area contributed by atoms with Crippen molar-refractivity contribution in [2.45, 2.75) is 17.0 Å². The van der Waals surface area contributed by atoms with Crippen LogP contribution < -0.4 is 0 Å². The third-order valence-corrected chi connectivity index (χ3v) is 3.93. The van der Waals surface area contributed by atoms with Gasteiger partial charge in [0.05, 0.1) is 17.1 Å². The highest BCUT2D eigenvalue weighted by Gasteiger charge is 2.18. The molecule has 0 unspecified atom stereocenters. The summed E-state index contributed by atoms with van der Waals surface area (Å²) in [6.07, 6.45) is 6.32. The smallest absolute Gasteiger partial charge is 0.338 e. The molecule has 3 aromatic heterocycles. The minimum absolute atomic E-state index is 0.115. The van der Waals surface area contributed by atoms with E-state index in [1.165, 1.54) is 18.0 Å². The predicted molar refractivity (Wildman–Crippen MR) is 76.4 cm³/mol. The first kappa shape index (κ1) is 13.5. The van der Waals surface area contributed by atoms with Gasteiger partial charge in [0.2, 0.25) is 0 Å². The van der Waals surface area contributed by atoms with Crippen LogP contribution in [0.5, 0.6) is 0 Å². The summed E-state index contributed by atoms with van der Waals surface area (Å²) in [6, 6.07) is 0. The quantitative estimate of drug-likeness (QED) is 0.738. The zero-order valence-electron chi connectivity index (χ0n) is 11.3. The summed E-state index contributed by atoms with van der Waals surface area (Å²) < 4.78 is 1.60. The first-order valence-electron chi connectivity index (χ1n) is 6.07. The number of pyridine rings is 1. The van der Waals surface area contributed by atoms with Crippen molar-refractivity contribution in [3.8, 4) is 0 Å². The van der Waals surface area contributed by atoms with E-state index in [-0.39, 0.29) is 5.56 Å². The molecule has 0 saturated heterocycles. The molecule has 0 radical (unpaired) electrons. The minimum Gasteiger partial charge on any atom is -0.478 e. The van der Waals surface area contributed by atoms with E-state index in [9.17, 15) is 9.90 Å². The third-order valence-electron chi connectivity index (χ3n) is 2.89. The molecule has 0 aromatic carbocycles. The molecule has 8 heteroatoms. The molecule has 1 N–H and O–H groups in total. The van der Waals surface area contributed by atoms with E-state index < -0.39 is 5.97 Å². The van der Waals surface area contributed by atoms with Crippen LogP contribution in [-0.4, -0.2) is 35.8 Å². The maximum atomic E-state index is 11.4. The first-order valence-corrected chi connectivity index (χ1v) is 6.88. The number of hydrogen-bond donors (Lipinski definition) is 1. The molecule has 0 aliphatic heterocycles. The maximum Gasteiger partial charge on any atom is 0.338 e. The molecule has 0 aliphatic rings. The number of fused-ring (bicyclic) bond motifs is 1. The summed E-state index contributed by atoms with van der Waals surface area (Å²) in [5.41, 5.74) is 1.68. The molecular weight excluding hydrogens is 290 g/mol. The summed E-state index contributed by atoms with van der Waals surface area (Å²) in [6.45, 7) is 1.89. The highest BCUT2D eigenvalue weighted by atomic mass is 32.2. The number of carboxylic acids is 1. The number of aromatic carboxylic acids is 1. The molecule has 0 fully saturated rings. The van der Waals surface area contributed by atoms with Crippen LogP contribution >= 0.6 is 11.8 Å². The molecule has 3 aromatic rings. The molecule has 3 heterocycles. The molecule has 7 nitrogen and oxygen atoms in total. The Kier molecular flexibility index (Phi) is 3.30. The van der Waals surface area contributed by atoms with Gasteiger partial charge in [-0.05, 0) is 24.2 Å². The number of aromatic nitrogens is 5. The van der Waals surface area contributed by atoms with Crippen molar-refractivity contribution in [3.05, 3.63) is 35.9 Å². The van der Waals surface area contributed by atoms with E-state index in [0.717, 1.165) is 5.56 Å². The average molecular weight is 301 g/mol. The summed E-state index contributed by atoms with van der Waals surface area (Å²) in [5, 5.41) is 14.6. The first-order chi connectivity index (χ1) is 10.1. The molecule has 106 valence electrons. The van der Waals surface area contributed by atoms with Crippen molar-refractivity contribution in [1.29, 1.82) is 0 Å². The van der Waals surface area contributed by atoms with E-state index in [4.69, 9.17) is 0 Å². The van der Waals surface area contributed by atoms with Gasteiger partial charge in [0.1, 0.15) is 0 Å². The van der Waals surface area contributed by atoms with E-state index >= 15 is 0 Å². The Morgan fingerprint density at radius 3 is 2.57 bits per heavy atom. The fourth-order valence-corrected chi connectivity index (χ4v) is 2.76. The lowest BCUT2D eigenvalue weighted by Gasteiger charge is -2.06. The molecule has 0 bridgehead atoms. The standard InChI is InChI=1S/C13H11N5O2S/c1-7-3-15-13(16-4-7)21-10-8-6-17-18(2)11(8)14-5-9(10)12(19)20/h3-6H,1-2H3,(H,19,20). The second-order valence-corrected chi connectivity index (χ2v) is 5.43. The molecule has 0 saturated carbocycles. The lowest BCUT2D eigenvalue weighted by atomic mass is 10.2. The molecule has 0 spiro atoms. The third kappa shape index (κ3) is 2.45. The maximum absolute atomic E-state index is 11.4. The van der Waals surface area contributed by atoms with Gasteiger partial charge in [0.25, 0.3) is 0 Å². The van der Waals surface area contributed by atoms with E-state index in [1.807, 2.05) is 6.92 Å². The highest BCUT2D eigenvalue weighted by molar-refractivity contribution is 7.99. The summed E-state index contributed by atoms with van der Waals surface area (Å²) >= 11 is 1.20. The molecule has 0 amide bonds. The Morgan fingerprint density at radius 1 is 1.19 bits per heavy atom.